The summed E-state index contributed by atoms with van der Waals surface area (Å²) in [4.78, 5) is 23.8. The van der Waals surface area contributed by atoms with Crippen molar-refractivity contribution in [2.24, 2.45) is 5.92 Å². The number of methoxy groups -OCH3 is 1. The van der Waals surface area contributed by atoms with Gasteiger partial charge in [-0.1, -0.05) is 12.1 Å². The Morgan fingerprint density at radius 1 is 0.853 bits per heavy atom. The molecule has 0 bridgehead atoms. The summed E-state index contributed by atoms with van der Waals surface area (Å²) in [6.07, 6.45) is 5.20. The number of hydrogen-bond donors (Lipinski definition) is 0. The van der Waals surface area contributed by atoms with Crippen LogP contribution < -0.4 is 14.5 Å². The van der Waals surface area contributed by atoms with Gasteiger partial charge >= 0.3 is 0 Å². The summed E-state index contributed by atoms with van der Waals surface area (Å²) in [5.74, 6) is 2.12. The van der Waals surface area contributed by atoms with Crippen molar-refractivity contribution in [2.75, 3.05) is 56.2 Å². The predicted octanol–water partition coefficient (Wildman–Crippen LogP) is 3.11. The molecule has 5 rings (SSSR count). The fourth-order valence-corrected chi connectivity index (χ4v) is 4.84. The fourth-order valence-electron chi connectivity index (χ4n) is 4.84. The first-order valence-electron chi connectivity index (χ1n) is 11.9. The first-order chi connectivity index (χ1) is 16.7. The molecular weight excluding hydrogens is 428 g/mol. The van der Waals surface area contributed by atoms with E-state index >= 15 is 0 Å². The lowest BCUT2D eigenvalue weighted by atomic mass is 9.95. The van der Waals surface area contributed by atoms with E-state index in [4.69, 9.17) is 4.74 Å². The predicted molar refractivity (Wildman–Crippen MR) is 132 cm³/mol. The lowest BCUT2D eigenvalue weighted by Crippen LogP contribution is -2.51. The number of piperazine rings is 1. The molecule has 8 nitrogen and oxygen atoms in total. The molecule has 0 radical (unpaired) electrons. The van der Waals surface area contributed by atoms with Crippen molar-refractivity contribution in [3.05, 3.63) is 60.9 Å². The van der Waals surface area contributed by atoms with Gasteiger partial charge < -0.3 is 19.4 Å². The van der Waals surface area contributed by atoms with Crippen molar-refractivity contribution < 1.29 is 9.53 Å². The molecule has 2 aliphatic heterocycles. The van der Waals surface area contributed by atoms with Crippen LogP contribution in [0.25, 0.3) is 11.3 Å². The Kier molecular flexibility index (Phi) is 6.56. The number of benzene rings is 1. The molecule has 34 heavy (non-hydrogen) atoms. The number of para-hydroxylation sites is 2. The summed E-state index contributed by atoms with van der Waals surface area (Å²) in [7, 11) is 1.70. The summed E-state index contributed by atoms with van der Waals surface area (Å²) < 4.78 is 5.50. The Morgan fingerprint density at radius 2 is 1.59 bits per heavy atom. The van der Waals surface area contributed by atoms with Crippen LogP contribution in [0.2, 0.25) is 0 Å². The molecule has 0 saturated carbocycles. The highest BCUT2D eigenvalue weighted by molar-refractivity contribution is 5.79. The molecular formula is C26H30N6O2. The number of piperidine rings is 1. The first kappa shape index (κ1) is 22.1. The second kappa shape index (κ2) is 10.1. The summed E-state index contributed by atoms with van der Waals surface area (Å²) in [6.45, 7) is 4.79. The van der Waals surface area contributed by atoms with Gasteiger partial charge in [0.2, 0.25) is 5.91 Å². The molecule has 8 heteroatoms. The quantitative estimate of drug-likeness (QED) is 0.582. The van der Waals surface area contributed by atoms with Crippen LogP contribution in [-0.4, -0.2) is 72.4 Å². The van der Waals surface area contributed by atoms with Gasteiger partial charge in [0.15, 0.2) is 5.82 Å². The van der Waals surface area contributed by atoms with Gasteiger partial charge in [0.05, 0.1) is 18.5 Å². The van der Waals surface area contributed by atoms with Gasteiger partial charge in [-0.3, -0.25) is 9.78 Å². The summed E-state index contributed by atoms with van der Waals surface area (Å²) in [5, 5.41) is 8.82. The van der Waals surface area contributed by atoms with Gasteiger partial charge in [-0.15, -0.1) is 10.2 Å². The Labute approximate surface area is 200 Å². The van der Waals surface area contributed by atoms with Crippen LogP contribution in [0.5, 0.6) is 5.75 Å². The molecule has 2 saturated heterocycles. The normalized spacial score (nSPS) is 17.0. The zero-order valence-electron chi connectivity index (χ0n) is 19.5. The van der Waals surface area contributed by atoms with Gasteiger partial charge in [-0.2, -0.15) is 0 Å². The Morgan fingerprint density at radius 3 is 2.26 bits per heavy atom. The van der Waals surface area contributed by atoms with E-state index in [2.05, 4.69) is 31.0 Å². The fraction of sp³-hybridized carbons (Fsp3) is 0.385. The third kappa shape index (κ3) is 4.66. The van der Waals surface area contributed by atoms with Crippen LogP contribution in [0.4, 0.5) is 11.5 Å². The molecule has 2 aromatic heterocycles. The average molecular weight is 459 g/mol. The second-order valence-electron chi connectivity index (χ2n) is 8.76. The highest BCUT2D eigenvalue weighted by Crippen LogP contribution is 2.29. The number of amides is 1. The summed E-state index contributed by atoms with van der Waals surface area (Å²) >= 11 is 0. The number of aromatic nitrogens is 3. The van der Waals surface area contributed by atoms with Crippen LogP contribution >= 0.6 is 0 Å². The van der Waals surface area contributed by atoms with Crippen LogP contribution in [-0.2, 0) is 4.79 Å². The molecule has 3 aromatic rings. The monoisotopic (exact) mass is 458 g/mol. The molecule has 176 valence electrons. The van der Waals surface area contributed by atoms with E-state index in [0.717, 1.165) is 80.6 Å². The Hall–Kier alpha value is -3.68. The SMILES string of the molecule is COc1ccccc1N1CCN(C(=O)C2CCN(c3ccc(-c4ccncc4)nn3)CC2)CC1. The molecule has 0 spiro atoms. The maximum Gasteiger partial charge on any atom is 0.225 e. The van der Waals surface area contributed by atoms with E-state index in [1.54, 1.807) is 19.5 Å². The van der Waals surface area contributed by atoms with Gasteiger partial charge in [-0.05, 0) is 49.2 Å². The number of carbonyl (C=O) groups is 1. The lowest BCUT2D eigenvalue weighted by molar-refractivity contribution is -0.136. The summed E-state index contributed by atoms with van der Waals surface area (Å²) in [6, 6.07) is 15.9. The topological polar surface area (TPSA) is 74.7 Å². The van der Waals surface area contributed by atoms with Crippen molar-refractivity contribution in [1.29, 1.82) is 0 Å². The zero-order valence-corrected chi connectivity index (χ0v) is 19.5. The number of rotatable bonds is 5. The molecule has 2 fully saturated rings. The summed E-state index contributed by atoms with van der Waals surface area (Å²) in [5.41, 5.74) is 2.94. The number of nitrogens with zero attached hydrogens (tertiary/aromatic N) is 6. The highest BCUT2D eigenvalue weighted by atomic mass is 16.5. The van der Waals surface area contributed by atoms with Crippen LogP contribution in [0.15, 0.2) is 60.9 Å². The van der Waals surface area contributed by atoms with E-state index in [0.29, 0.717) is 5.91 Å². The number of hydrogen-bond acceptors (Lipinski definition) is 7. The van der Waals surface area contributed by atoms with Gasteiger partial charge in [0.1, 0.15) is 5.75 Å². The van der Waals surface area contributed by atoms with E-state index in [9.17, 15) is 4.79 Å². The molecule has 0 aliphatic carbocycles. The maximum atomic E-state index is 13.2. The zero-order chi connectivity index (χ0) is 23.3. The third-order valence-corrected chi connectivity index (χ3v) is 6.81. The van der Waals surface area contributed by atoms with Crippen LogP contribution in [0.3, 0.4) is 0 Å². The molecule has 0 N–H and O–H groups in total. The van der Waals surface area contributed by atoms with Crippen molar-refractivity contribution in [2.45, 2.75) is 12.8 Å². The van der Waals surface area contributed by atoms with Gasteiger partial charge in [0.25, 0.3) is 0 Å². The third-order valence-electron chi connectivity index (χ3n) is 6.81. The van der Waals surface area contributed by atoms with E-state index in [-0.39, 0.29) is 5.92 Å². The minimum absolute atomic E-state index is 0.0816. The molecule has 0 atom stereocenters. The molecule has 1 aromatic carbocycles. The van der Waals surface area contributed by atoms with Crippen molar-refractivity contribution in [3.8, 4) is 17.0 Å². The molecule has 0 unspecified atom stereocenters. The minimum Gasteiger partial charge on any atom is -0.495 e. The molecule has 1 amide bonds. The van der Waals surface area contributed by atoms with Crippen LogP contribution in [0, 0.1) is 5.92 Å². The minimum atomic E-state index is 0.0816. The van der Waals surface area contributed by atoms with E-state index < -0.39 is 0 Å². The van der Waals surface area contributed by atoms with Crippen molar-refractivity contribution in [1.82, 2.24) is 20.1 Å². The number of anilines is 2. The van der Waals surface area contributed by atoms with Crippen molar-refractivity contribution >= 4 is 17.4 Å². The largest absolute Gasteiger partial charge is 0.495 e. The Bertz CT molecular complexity index is 1090. The second-order valence-corrected chi connectivity index (χ2v) is 8.76. The maximum absolute atomic E-state index is 13.2. The highest BCUT2D eigenvalue weighted by Gasteiger charge is 2.31. The van der Waals surface area contributed by atoms with Gasteiger partial charge in [0, 0.05) is 63.1 Å². The number of ether oxygens (including phenoxy) is 1. The van der Waals surface area contributed by atoms with E-state index in [1.807, 2.05) is 47.4 Å². The smallest absolute Gasteiger partial charge is 0.225 e. The average Bonchev–Trinajstić information content (AvgIpc) is 2.93. The molecule has 4 heterocycles. The van der Waals surface area contributed by atoms with Crippen LogP contribution in [0.1, 0.15) is 12.8 Å². The number of pyridine rings is 1. The Balaban J connectivity index is 1.13. The van der Waals surface area contributed by atoms with Crippen molar-refractivity contribution in [3.63, 3.8) is 0 Å². The lowest BCUT2D eigenvalue weighted by Gasteiger charge is -2.39. The van der Waals surface area contributed by atoms with Gasteiger partial charge in [-0.25, -0.2) is 0 Å². The first-order valence-corrected chi connectivity index (χ1v) is 11.9. The number of carbonyl (C=O) groups excluding carboxylic acids is 1. The molecule has 2 aliphatic rings. The standard InChI is InChI=1S/C26H30N6O2/c1-34-24-5-3-2-4-23(24)30-16-18-32(19-17-30)26(33)21-10-14-31(15-11-21)25-7-6-22(28-29-25)20-8-12-27-13-9-20/h2-9,12-13,21H,10-11,14-19H2,1H3. The van der Waals surface area contributed by atoms with E-state index in [1.165, 1.54) is 0 Å².